The standard InChI is InChI=1S/C26H20N4O3/c31-26(27-15-25-29-20-7-3-4-8-21(20)30-25)18-14-22(28-19-6-2-1-5-17(18)19)16-9-10-23-24(13-16)33-12-11-32-23/h1-10,13-14H,11-12,15H2,(H,27,31)(H,29,30). The van der Waals surface area contributed by atoms with Crippen molar-refractivity contribution >= 4 is 27.8 Å². The van der Waals surface area contributed by atoms with Crippen molar-refractivity contribution < 1.29 is 14.3 Å². The van der Waals surface area contributed by atoms with E-state index >= 15 is 0 Å². The summed E-state index contributed by atoms with van der Waals surface area (Å²) in [6.07, 6.45) is 0. The highest BCUT2D eigenvalue weighted by Crippen LogP contribution is 2.35. The summed E-state index contributed by atoms with van der Waals surface area (Å²) in [4.78, 5) is 25.8. The van der Waals surface area contributed by atoms with Crippen LogP contribution in [0.4, 0.5) is 0 Å². The molecule has 0 aliphatic carbocycles. The molecule has 0 saturated heterocycles. The second-order valence-corrected chi connectivity index (χ2v) is 7.81. The molecule has 162 valence electrons. The van der Waals surface area contributed by atoms with E-state index in [0.717, 1.165) is 33.2 Å². The van der Waals surface area contributed by atoms with Gasteiger partial charge < -0.3 is 19.8 Å². The molecular weight excluding hydrogens is 416 g/mol. The van der Waals surface area contributed by atoms with Crippen molar-refractivity contribution in [1.29, 1.82) is 0 Å². The van der Waals surface area contributed by atoms with E-state index in [1.807, 2.05) is 72.8 Å². The van der Waals surface area contributed by atoms with Crippen LogP contribution in [0, 0.1) is 0 Å². The Kier molecular flexibility index (Phi) is 4.65. The summed E-state index contributed by atoms with van der Waals surface area (Å²) in [7, 11) is 0. The number of ether oxygens (including phenoxy) is 2. The van der Waals surface area contributed by atoms with E-state index in [4.69, 9.17) is 14.5 Å². The Morgan fingerprint density at radius 3 is 2.55 bits per heavy atom. The molecule has 0 radical (unpaired) electrons. The Morgan fingerprint density at radius 1 is 0.879 bits per heavy atom. The van der Waals surface area contributed by atoms with Crippen molar-refractivity contribution in [3.8, 4) is 22.8 Å². The number of pyridine rings is 1. The molecule has 6 rings (SSSR count). The van der Waals surface area contributed by atoms with Crippen LogP contribution < -0.4 is 14.8 Å². The summed E-state index contributed by atoms with van der Waals surface area (Å²) < 4.78 is 11.3. The molecule has 2 aromatic heterocycles. The van der Waals surface area contributed by atoms with Gasteiger partial charge in [-0.05, 0) is 42.5 Å². The van der Waals surface area contributed by atoms with E-state index in [0.29, 0.717) is 42.6 Å². The van der Waals surface area contributed by atoms with E-state index < -0.39 is 0 Å². The lowest BCUT2D eigenvalue weighted by Gasteiger charge is -2.19. The number of hydrogen-bond acceptors (Lipinski definition) is 5. The molecule has 7 nitrogen and oxygen atoms in total. The van der Waals surface area contributed by atoms with E-state index in [2.05, 4.69) is 15.3 Å². The molecule has 0 fully saturated rings. The van der Waals surface area contributed by atoms with Crippen LogP contribution in [0.2, 0.25) is 0 Å². The SMILES string of the molecule is O=C(NCc1nc2ccccc2[nH]1)c1cc(-c2ccc3c(c2)OCCO3)nc2ccccc12. The molecule has 0 saturated carbocycles. The lowest BCUT2D eigenvalue weighted by molar-refractivity contribution is 0.0951. The van der Waals surface area contributed by atoms with Gasteiger partial charge in [0.15, 0.2) is 11.5 Å². The van der Waals surface area contributed by atoms with Crippen molar-refractivity contribution in [3.63, 3.8) is 0 Å². The number of hydrogen-bond donors (Lipinski definition) is 2. The van der Waals surface area contributed by atoms with E-state index in [1.165, 1.54) is 0 Å². The fraction of sp³-hybridized carbons (Fsp3) is 0.115. The minimum Gasteiger partial charge on any atom is -0.486 e. The van der Waals surface area contributed by atoms with Gasteiger partial charge in [0.1, 0.15) is 19.0 Å². The second-order valence-electron chi connectivity index (χ2n) is 7.81. The smallest absolute Gasteiger partial charge is 0.252 e. The van der Waals surface area contributed by atoms with Gasteiger partial charge in [-0.1, -0.05) is 30.3 Å². The van der Waals surface area contributed by atoms with Crippen LogP contribution in [-0.4, -0.2) is 34.1 Å². The fourth-order valence-corrected chi connectivity index (χ4v) is 4.06. The molecule has 3 heterocycles. The third-order valence-corrected chi connectivity index (χ3v) is 5.65. The summed E-state index contributed by atoms with van der Waals surface area (Å²) in [5, 5.41) is 3.78. The highest BCUT2D eigenvalue weighted by Gasteiger charge is 2.17. The number of amides is 1. The monoisotopic (exact) mass is 436 g/mol. The Hall–Kier alpha value is -4.39. The van der Waals surface area contributed by atoms with Crippen molar-refractivity contribution in [2.75, 3.05) is 13.2 Å². The van der Waals surface area contributed by atoms with Gasteiger partial charge in [-0.25, -0.2) is 9.97 Å². The van der Waals surface area contributed by atoms with Crippen LogP contribution >= 0.6 is 0 Å². The van der Waals surface area contributed by atoms with Crippen molar-refractivity contribution in [3.05, 3.63) is 84.2 Å². The Labute approximate surface area is 189 Å². The summed E-state index contributed by atoms with van der Waals surface area (Å²) >= 11 is 0. The number of aromatic nitrogens is 3. The third kappa shape index (κ3) is 3.63. The number of para-hydroxylation sites is 3. The molecule has 1 amide bonds. The molecule has 33 heavy (non-hydrogen) atoms. The predicted molar refractivity (Wildman–Crippen MR) is 125 cm³/mol. The van der Waals surface area contributed by atoms with E-state index in [9.17, 15) is 4.79 Å². The number of nitrogens with zero attached hydrogens (tertiary/aromatic N) is 2. The first kappa shape index (κ1) is 19.3. The first-order valence-electron chi connectivity index (χ1n) is 10.8. The summed E-state index contributed by atoms with van der Waals surface area (Å²) in [6, 6.07) is 23.0. The van der Waals surface area contributed by atoms with Crippen molar-refractivity contribution in [1.82, 2.24) is 20.3 Å². The maximum atomic E-state index is 13.2. The highest BCUT2D eigenvalue weighted by molar-refractivity contribution is 6.07. The van der Waals surface area contributed by atoms with Gasteiger partial charge in [-0.15, -0.1) is 0 Å². The van der Waals surface area contributed by atoms with E-state index in [1.54, 1.807) is 0 Å². The maximum absolute atomic E-state index is 13.2. The van der Waals surface area contributed by atoms with Gasteiger partial charge in [-0.3, -0.25) is 4.79 Å². The molecule has 0 spiro atoms. The first-order chi connectivity index (χ1) is 16.2. The molecule has 1 aliphatic heterocycles. The van der Waals surface area contributed by atoms with Crippen LogP contribution in [-0.2, 0) is 6.54 Å². The van der Waals surface area contributed by atoms with E-state index in [-0.39, 0.29) is 5.91 Å². The zero-order valence-corrected chi connectivity index (χ0v) is 17.7. The average molecular weight is 436 g/mol. The molecular formula is C26H20N4O3. The molecule has 0 atom stereocenters. The minimum absolute atomic E-state index is 0.187. The van der Waals surface area contributed by atoms with Crippen LogP contribution in [0.1, 0.15) is 16.2 Å². The number of aromatic amines is 1. The van der Waals surface area contributed by atoms with Gasteiger partial charge in [0.05, 0.1) is 34.4 Å². The number of imidazole rings is 1. The van der Waals surface area contributed by atoms with Gasteiger partial charge in [0.2, 0.25) is 0 Å². The number of fused-ring (bicyclic) bond motifs is 3. The summed E-state index contributed by atoms with van der Waals surface area (Å²) in [5.41, 5.74) is 4.67. The topological polar surface area (TPSA) is 89.1 Å². The predicted octanol–water partition coefficient (Wildman–Crippen LogP) is 4.48. The number of rotatable bonds is 4. The fourth-order valence-electron chi connectivity index (χ4n) is 4.06. The zero-order chi connectivity index (χ0) is 22.2. The second kappa shape index (κ2) is 7.94. The van der Waals surface area contributed by atoms with Gasteiger partial charge in [0, 0.05) is 10.9 Å². The van der Waals surface area contributed by atoms with Crippen molar-refractivity contribution in [2.24, 2.45) is 0 Å². The van der Waals surface area contributed by atoms with Gasteiger partial charge in [-0.2, -0.15) is 0 Å². The highest BCUT2D eigenvalue weighted by atomic mass is 16.6. The summed E-state index contributed by atoms with van der Waals surface area (Å²) in [5.74, 6) is 1.92. The normalized spacial score (nSPS) is 12.7. The van der Waals surface area contributed by atoms with Gasteiger partial charge in [0.25, 0.3) is 5.91 Å². The van der Waals surface area contributed by atoms with Gasteiger partial charge >= 0.3 is 0 Å². The molecule has 7 heteroatoms. The van der Waals surface area contributed by atoms with Crippen molar-refractivity contribution in [2.45, 2.75) is 6.54 Å². The molecule has 5 aromatic rings. The molecule has 0 bridgehead atoms. The quantitative estimate of drug-likeness (QED) is 0.434. The minimum atomic E-state index is -0.187. The number of nitrogens with one attached hydrogen (secondary N) is 2. The lowest BCUT2D eigenvalue weighted by atomic mass is 10.0. The third-order valence-electron chi connectivity index (χ3n) is 5.65. The Bertz CT molecular complexity index is 1480. The van der Waals surface area contributed by atoms with Crippen LogP contribution in [0.5, 0.6) is 11.5 Å². The zero-order valence-electron chi connectivity index (χ0n) is 17.7. The maximum Gasteiger partial charge on any atom is 0.252 e. The Morgan fingerprint density at radius 2 is 1.67 bits per heavy atom. The number of carbonyl (C=O) groups is 1. The molecule has 3 aromatic carbocycles. The molecule has 2 N–H and O–H groups in total. The first-order valence-corrected chi connectivity index (χ1v) is 10.8. The molecule has 0 unspecified atom stereocenters. The van der Waals surface area contributed by atoms with Crippen LogP contribution in [0.15, 0.2) is 72.8 Å². The largest absolute Gasteiger partial charge is 0.486 e. The lowest BCUT2D eigenvalue weighted by Crippen LogP contribution is -2.24. The van der Waals surface area contributed by atoms with Crippen LogP contribution in [0.3, 0.4) is 0 Å². The van der Waals surface area contributed by atoms with Crippen LogP contribution in [0.25, 0.3) is 33.2 Å². The number of H-pyrrole nitrogens is 1. The average Bonchev–Trinajstić information content (AvgIpc) is 3.29. The number of carbonyl (C=O) groups excluding carboxylic acids is 1. The molecule has 1 aliphatic rings. The Balaban J connectivity index is 1.34. The number of benzene rings is 3. The summed E-state index contributed by atoms with van der Waals surface area (Å²) in [6.45, 7) is 1.34.